The highest BCUT2D eigenvalue weighted by Crippen LogP contribution is 2.38. The van der Waals surface area contributed by atoms with Gasteiger partial charge in [0.1, 0.15) is 0 Å². The van der Waals surface area contributed by atoms with Crippen molar-refractivity contribution in [1.29, 1.82) is 0 Å². The summed E-state index contributed by atoms with van der Waals surface area (Å²) in [4.78, 5) is 0. The summed E-state index contributed by atoms with van der Waals surface area (Å²) < 4.78 is 39.6. The lowest BCUT2D eigenvalue weighted by molar-refractivity contribution is -0.183. The Kier molecular flexibility index (Phi) is 5.72. The molecular weight excluding hydrogens is 343 g/mol. The molecule has 1 N–H and O–H groups in total. The molecule has 1 aromatic rings. The van der Waals surface area contributed by atoms with Gasteiger partial charge in [0.25, 0.3) is 0 Å². The highest BCUT2D eigenvalue weighted by molar-refractivity contribution is 9.10. The summed E-state index contributed by atoms with van der Waals surface area (Å²) in [6.45, 7) is 2.06. The zero-order chi connectivity index (χ0) is 15.5. The largest absolute Gasteiger partial charge is 0.391 e. The first-order valence-corrected chi connectivity index (χ1v) is 8.27. The average molecular weight is 364 g/mol. The van der Waals surface area contributed by atoms with Crippen molar-refractivity contribution in [3.05, 3.63) is 34.3 Å². The van der Waals surface area contributed by atoms with Crippen LogP contribution in [0.1, 0.15) is 50.6 Å². The summed E-state index contributed by atoms with van der Waals surface area (Å²) in [6, 6.07) is 8.07. The van der Waals surface area contributed by atoms with Crippen LogP contribution in [-0.2, 0) is 0 Å². The van der Waals surface area contributed by atoms with E-state index in [4.69, 9.17) is 0 Å². The Morgan fingerprint density at radius 1 is 1.24 bits per heavy atom. The van der Waals surface area contributed by atoms with Gasteiger partial charge in [0.05, 0.1) is 5.92 Å². The average Bonchev–Trinajstić information content (AvgIpc) is 2.45. The summed E-state index contributed by atoms with van der Waals surface area (Å²) in [5.74, 6) is -1.15. The zero-order valence-corrected chi connectivity index (χ0v) is 13.7. The number of nitrogens with one attached hydrogen (secondary N) is 1. The van der Waals surface area contributed by atoms with Crippen LogP contribution in [0.5, 0.6) is 0 Å². The van der Waals surface area contributed by atoms with E-state index in [2.05, 4.69) is 28.2 Å². The van der Waals surface area contributed by atoms with Gasteiger partial charge < -0.3 is 5.32 Å². The minimum atomic E-state index is -4.06. The maximum atomic E-state index is 12.9. The van der Waals surface area contributed by atoms with Crippen LogP contribution in [0, 0.1) is 5.92 Å². The SMILES string of the molecule is CCC(NC1CCCC(C(F)(F)F)C1)c1ccc(Br)cc1. The van der Waals surface area contributed by atoms with Gasteiger partial charge in [-0.1, -0.05) is 41.4 Å². The number of hydrogen-bond acceptors (Lipinski definition) is 1. The molecule has 1 nitrogen and oxygen atoms in total. The van der Waals surface area contributed by atoms with E-state index in [-0.39, 0.29) is 24.9 Å². The Bertz CT molecular complexity index is 444. The fourth-order valence-corrected chi connectivity index (χ4v) is 3.33. The molecule has 3 atom stereocenters. The Labute approximate surface area is 132 Å². The van der Waals surface area contributed by atoms with Crippen molar-refractivity contribution < 1.29 is 13.2 Å². The predicted octanol–water partition coefficient (Wildman–Crippen LogP) is 5.61. The van der Waals surface area contributed by atoms with Crippen LogP contribution in [-0.4, -0.2) is 12.2 Å². The van der Waals surface area contributed by atoms with Gasteiger partial charge in [0.2, 0.25) is 0 Å². The predicted molar refractivity (Wildman–Crippen MR) is 82.1 cm³/mol. The van der Waals surface area contributed by atoms with E-state index in [1.165, 1.54) is 0 Å². The van der Waals surface area contributed by atoms with Crippen LogP contribution < -0.4 is 5.32 Å². The molecule has 1 aliphatic rings. The molecular formula is C16H21BrF3N. The lowest BCUT2D eigenvalue weighted by atomic mass is 9.84. The summed E-state index contributed by atoms with van der Waals surface area (Å²) in [7, 11) is 0. The monoisotopic (exact) mass is 363 g/mol. The van der Waals surface area contributed by atoms with E-state index in [0.717, 1.165) is 22.9 Å². The van der Waals surface area contributed by atoms with Crippen LogP contribution in [0.4, 0.5) is 13.2 Å². The maximum Gasteiger partial charge on any atom is 0.391 e. The topological polar surface area (TPSA) is 12.0 Å². The van der Waals surface area contributed by atoms with E-state index in [1.54, 1.807) is 0 Å². The second kappa shape index (κ2) is 7.14. The summed E-state index contributed by atoms with van der Waals surface area (Å²) in [5.41, 5.74) is 1.13. The van der Waals surface area contributed by atoms with Gasteiger partial charge in [-0.3, -0.25) is 0 Å². The van der Waals surface area contributed by atoms with Crippen LogP contribution in [0.2, 0.25) is 0 Å². The van der Waals surface area contributed by atoms with Crippen molar-refractivity contribution in [3.8, 4) is 0 Å². The normalized spacial score (nSPS) is 24.8. The second-order valence-corrected chi connectivity index (χ2v) is 6.70. The Balaban J connectivity index is 1.99. The molecule has 0 aromatic heterocycles. The minimum Gasteiger partial charge on any atom is -0.307 e. The van der Waals surface area contributed by atoms with Gasteiger partial charge in [0, 0.05) is 16.6 Å². The Morgan fingerprint density at radius 3 is 2.48 bits per heavy atom. The molecule has 5 heteroatoms. The quantitative estimate of drug-likeness (QED) is 0.732. The molecule has 0 spiro atoms. The van der Waals surface area contributed by atoms with E-state index in [1.807, 2.05) is 24.3 Å². The summed E-state index contributed by atoms with van der Waals surface area (Å²) in [6.07, 6.45) is -1.22. The van der Waals surface area contributed by atoms with Crippen LogP contribution in [0.3, 0.4) is 0 Å². The highest BCUT2D eigenvalue weighted by Gasteiger charge is 2.42. The number of rotatable bonds is 4. The minimum absolute atomic E-state index is 0.0426. The molecule has 0 heterocycles. The Morgan fingerprint density at radius 2 is 1.90 bits per heavy atom. The van der Waals surface area contributed by atoms with Crippen molar-refractivity contribution in [1.82, 2.24) is 5.32 Å². The number of halogens is 4. The molecule has 2 rings (SSSR count). The number of benzene rings is 1. The van der Waals surface area contributed by atoms with E-state index in [9.17, 15) is 13.2 Å². The summed E-state index contributed by atoms with van der Waals surface area (Å²) >= 11 is 3.40. The maximum absolute atomic E-state index is 12.9. The van der Waals surface area contributed by atoms with E-state index < -0.39 is 12.1 Å². The fraction of sp³-hybridized carbons (Fsp3) is 0.625. The highest BCUT2D eigenvalue weighted by atomic mass is 79.9. The molecule has 0 saturated heterocycles. The zero-order valence-electron chi connectivity index (χ0n) is 12.1. The third-order valence-electron chi connectivity index (χ3n) is 4.25. The first-order valence-electron chi connectivity index (χ1n) is 7.48. The van der Waals surface area contributed by atoms with Gasteiger partial charge in [-0.2, -0.15) is 13.2 Å². The number of alkyl halides is 3. The fourth-order valence-electron chi connectivity index (χ4n) is 3.07. The molecule has 1 aliphatic carbocycles. The first kappa shape index (κ1) is 16.8. The van der Waals surface area contributed by atoms with Crippen molar-refractivity contribution in [3.63, 3.8) is 0 Å². The standard InChI is InChI=1S/C16H21BrF3N/c1-2-15(11-6-8-13(17)9-7-11)21-14-5-3-4-12(10-14)16(18,19)20/h6-9,12,14-15,21H,2-5,10H2,1H3. The van der Waals surface area contributed by atoms with E-state index >= 15 is 0 Å². The molecule has 0 aliphatic heterocycles. The van der Waals surface area contributed by atoms with Crippen LogP contribution in [0.15, 0.2) is 28.7 Å². The number of hydrogen-bond donors (Lipinski definition) is 1. The molecule has 0 bridgehead atoms. The third kappa shape index (κ3) is 4.71. The molecule has 118 valence electrons. The van der Waals surface area contributed by atoms with Crippen molar-refractivity contribution in [2.75, 3.05) is 0 Å². The molecule has 1 saturated carbocycles. The summed E-state index contributed by atoms with van der Waals surface area (Å²) in [5, 5.41) is 3.43. The van der Waals surface area contributed by atoms with Gasteiger partial charge in [0.15, 0.2) is 0 Å². The van der Waals surface area contributed by atoms with Crippen LogP contribution in [0.25, 0.3) is 0 Å². The molecule has 1 fully saturated rings. The molecule has 21 heavy (non-hydrogen) atoms. The second-order valence-electron chi connectivity index (χ2n) is 5.78. The van der Waals surface area contributed by atoms with Gasteiger partial charge >= 0.3 is 6.18 Å². The molecule has 3 unspecified atom stereocenters. The first-order chi connectivity index (χ1) is 9.90. The molecule has 1 aromatic carbocycles. The lowest BCUT2D eigenvalue weighted by Crippen LogP contribution is -2.40. The Hall–Kier alpha value is -0.550. The molecule has 0 radical (unpaired) electrons. The van der Waals surface area contributed by atoms with Crippen LogP contribution >= 0.6 is 15.9 Å². The van der Waals surface area contributed by atoms with Crippen molar-refractivity contribution in [2.24, 2.45) is 5.92 Å². The smallest absolute Gasteiger partial charge is 0.307 e. The van der Waals surface area contributed by atoms with Gasteiger partial charge in [-0.25, -0.2) is 0 Å². The van der Waals surface area contributed by atoms with E-state index in [0.29, 0.717) is 6.42 Å². The lowest BCUT2D eigenvalue weighted by Gasteiger charge is -2.33. The van der Waals surface area contributed by atoms with Gasteiger partial charge in [-0.05, 0) is 43.4 Å². The molecule has 0 amide bonds. The van der Waals surface area contributed by atoms with Crippen molar-refractivity contribution in [2.45, 2.75) is 57.3 Å². The van der Waals surface area contributed by atoms with Crippen molar-refractivity contribution >= 4 is 15.9 Å². The third-order valence-corrected chi connectivity index (χ3v) is 4.78. The van der Waals surface area contributed by atoms with Gasteiger partial charge in [-0.15, -0.1) is 0 Å².